The van der Waals surface area contributed by atoms with Gasteiger partial charge in [-0.2, -0.15) is 0 Å². The van der Waals surface area contributed by atoms with Crippen molar-refractivity contribution in [1.82, 2.24) is 0 Å². The van der Waals surface area contributed by atoms with E-state index in [1.54, 1.807) is 60.7 Å². The van der Waals surface area contributed by atoms with Gasteiger partial charge >= 0.3 is 0 Å². The maximum absolute atomic E-state index is 13.1. The molecule has 0 spiro atoms. The van der Waals surface area contributed by atoms with Crippen LogP contribution in [0.1, 0.15) is 17.2 Å². The van der Waals surface area contributed by atoms with Crippen LogP contribution in [-0.2, 0) is 9.59 Å². The van der Waals surface area contributed by atoms with Crippen LogP contribution in [0.5, 0.6) is 11.5 Å². The summed E-state index contributed by atoms with van der Waals surface area (Å²) in [5.74, 6) is -1.53. The Morgan fingerprint density at radius 2 is 1.74 bits per heavy atom. The molecule has 1 aliphatic rings. The smallest absolute Gasteiger partial charge is 0.300 e. The van der Waals surface area contributed by atoms with E-state index >= 15 is 0 Å². The zero-order valence-electron chi connectivity index (χ0n) is 16.4. The van der Waals surface area contributed by atoms with E-state index in [1.807, 2.05) is 0 Å². The summed E-state index contributed by atoms with van der Waals surface area (Å²) in [4.78, 5) is 27.4. The van der Waals surface area contributed by atoms with Crippen molar-refractivity contribution in [2.45, 2.75) is 6.04 Å². The van der Waals surface area contributed by atoms with E-state index in [9.17, 15) is 19.8 Å². The molecular formula is C24H18ClNO5. The fraction of sp³-hybridized carbons (Fsp3) is 0.0833. The number of Topliss-reactive ketones (excluding diaryl/α,β-unsaturated/α-hetero) is 1. The minimum absolute atomic E-state index is 0.0319. The molecule has 1 aliphatic heterocycles. The molecule has 0 aliphatic carbocycles. The standard InChI is InChI=1S/C24H18ClNO5/c1-31-19-10-3-6-15(12-19)22(28)20-21(14-5-2-9-18(27)11-14)26(24(30)23(20)29)17-8-4-7-16(25)13-17/h2-13,21,27-28H,1H3/b22-20+. The Morgan fingerprint density at radius 3 is 2.45 bits per heavy atom. The first-order chi connectivity index (χ1) is 14.9. The number of halogens is 1. The van der Waals surface area contributed by atoms with Gasteiger partial charge in [0.2, 0.25) is 0 Å². The Balaban J connectivity index is 1.96. The van der Waals surface area contributed by atoms with Gasteiger partial charge in [0.05, 0.1) is 18.7 Å². The highest BCUT2D eigenvalue weighted by Gasteiger charge is 2.47. The summed E-state index contributed by atoms with van der Waals surface area (Å²) < 4.78 is 5.20. The Labute approximate surface area is 183 Å². The lowest BCUT2D eigenvalue weighted by molar-refractivity contribution is -0.132. The highest BCUT2D eigenvalue weighted by Crippen LogP contribution is 2.43. The Kier molecular flexibility index (Phi) is 5.40. The van der Waals surface area contributed by atoms with Crippen LogP contribution in [0.3, 0.4) is 0 Å². The second-order valence-electron chi connectivity index (χ2n) is 6.98. The van der Waals surface area contributed by atoms with Gasteiger partial charge in [-0.1, -0.05) is 41.9 Å². The molecule has 6 nitrogen and oxygen atoms in total. The predicted molar refractivity (Wildman–Crippen MR) is 117 cm³/mol. The van der Waals surface area contributed by atoms with Gasteiger partial charge in [0.25, 0.3) is 11.7 Å². The van der Waals surface area contributed by atoms with Crippen molar-refractivity contribution < 1.29 is 24.5 Å². The molecule has 1 amide bonds. The van der Waals surface area contributed by atoms with Crippen LogP contribution >= 0.6 is 11.6 Å². The van der Waals surface area contributed by atoms with E-state index in [0.717, 1.165) is 0 Å². The number of aromatic hydroxyl groups is 1. The molecule has 0 aromatic heterocycles. The first kappa shape index (κ1) is 20.5. The quantitative estimate of drug-likeness (QED) is 0.353. The number of anilines is 1. The third kappa shape index (κ3) is 3.73. The summed E-state index contributed by atoms with van der Waals surface area (Å²) in [5, 5.41) is 21.5. The van der Waals surface area contributed by atoms with Gasteiger partial charge in [-0.15, -0.1) is 0 Å². The van der Waals surface area contributed by atoms with Gasteiger partial charge in [0.15, 0.2) is 0 Å². The molecule has 1 unspecified atom stereocenters. The van der Waals surface area contributed by atoms with E-state index in [2.05, 4.69) is 0 Å². The van der Waals surface area contributed by atoms with Crippen LogP contribution in [-0.4, -0.2) is 29.0 Å². The molecule has 7 heteroatoms. The number of nitrogens with zero attached hydrogens (tertiary/aromatic N) is 1. The van der Waals surface area contributed by atoms with Gasteiger partial charge in [-0.3, -0.25) is 14.5 Å². The number of aliphatic hydroxyl groups excluding tert-OH is 1. The molecule has 156 valence electrons. The van der Waals surface area contributed by atoms with E-state index in [0.29, 0.717) is 27.6 Å². The Morgan fingerprint density at radius 1 is 1.00 bits per heavy atom. The Bertz CT molecular complexity index is 1220. The van der Waals surface area contributed by atoms with Crippen LogP contribution in [0.25, 0.3) is 5.76 Å². The highest BCUT2D eigenvalue weighted by atomic mass is 35.5. The van der Waals surface area contributed by atoms with Gasteiger partial charge in [-0.05, 0) is 48.0 Å². The van der Waals surface area contributed by atoms with E-state index in [4.69, 9.17) is 16.3 Å². The minimum atomic E-state index is -0.961. The summed E-state index contributed by atoms with van der Waals surface area (Å²) in [7, 11) is 1.49. The number of methoxy groups -OCH3 is 1. The molecule has 3 aromatic carbocycles. The fourth-order valence-corrected chi connectivity index (χ4v) is 3.85. The zero-order valence-corrected chi connectivity index (χ0v) is 17.2. The number of hydrogen-bond acceptors (Lipinski definition) is 5. The van der Waals surface area contributed by atoms with Crippen LogP contribution in [0.2, 0.25) is 5.02 Å². The first-order valence-electron chi connectivity index (χ1n) is 9.40. The van der Waals surface area contributed by atoms with Gasteiger partial charge in [0.1, 0.15) is 17.3 Å². The topological polar surface area (TPSA) is 87.1 Å². The lowest BCUT2D eigenvalue weighted by atomic mass is 9.95. The van der Waals surface area contributed by atoms with E-state index in [-0.39, 0.29) is 17.1 Å². The summed E-state index contributed by atoms with van der Waals surface area (Å²) in [6.45, 7) is 0. The van der Waals surface area contributed by atoms with Crippen molar-refractivity contribution >= 4 is 34.7 Å². The maximum atomic E-state index is 13.1. The van der Waals surface area contributed by atoms with Crippen molar-refractivity contribution in [3.63, 3.8) is 0 Å². The number of aliphatic hydroxyl groups is 1. The van der Waals surface area contributed by atoms with Crippen molar-refractivity contribution in [2.24, 2.45) is 0 Å². The molecule has 1 atom stereocenters. The van der Waals surface area contributed by atoms with Crippen LogP contribution in [0.15, 0.2) is 78.4 Å². The molecule has 1 fully saturated rings. The average Bonchev–Trinajstić information content (AvgIpc) is 3.04. The van der Waals surface area contributed by atoms with Gasteiger partial charge in [0, 0.05) is 16.3 Å². The lowest BCUT2D eigenvalue weighted by Gasteiger charge is -2.25. The van der Waals surface area contributed by atoms with Gasteiger partial charge < -0.3 is 14.9 Å². The van der Waals surface area contributed by atoms with Crippen LogP contribution in [0, 0.1) is 0 Å². The van der Waals surface area contributed by atoms with Crippen molar-refractivity contribution in [3.05, 3.63) is 94.5 Å². The van der Waals surface area contributed by atoms with E-state index in [1.165, 1.54) is 24.1 Å². The number of rotatable bonds is 4. The monoisotopic (exact) mass is 435 g/mol. The summed E-state index contributed by atoms with van der Waals surface area (Å²) in [5.41, 5.74) is 1.09. The second kappa shape index (κ2) is 8.16. The second-order valence-corrected chi connectivity index (χ2v) is 7.41. The molecule has 1 saturated heterocycles. The average molecular weight is 436 g/mol. The Hall–Kier alpha value is -3.77. The molecule has 0 bridgehead atoms. The maximum Gasteiger partial charge on any atom is 0.300 e. The molecule has 0 saturated carbocycles. The molecular weight excluding hydrogens is 418 g/mol. The van der Waals surface area contributed by atoms with Crippen molar-refractivity contribution in [3.8, 4) is 11.5 Å². The number of ketones is 1. The number of carbonyl (C=O) groups is 2. The third-order valence-corrected chi connectivity index (χ3v) is 5.30. The molecule has 2 N–H and O–H groups in total. The van der Waals surface area contributed by atoms with Crippen molar-refractivity contribution in [1.29, 1.82) is 0 Å². The first-order valence-corrected chi connectivity index (χ1v) is 9.78. The zero-order chi connectivity index (χ0) is 22.1. The van der Waals surface area contributed by atoms with Gasteiger partial charge in [-0.25, -0.2) is 0 Å². The number of ether oxygens (including phenoxy) is 1. The summed E-state index contributed by atoms with van der Waals surface area (Å²) in [6.07, 6.45) is 0. The summed E-state index contributed by atoms with van der Waals surface area (Å²) in [6, 6.07) is 18.3. The van der Waals surface area contributed by atoms with Crippen LogP contribution in [0.4, 0.5) is 5.69 Å². The molecule has 1 heterocycles. The molecule has 3 aromatic rings. The summed E-state index contributed by atoms with van der Waals surface area (Å²) >= 11 is 6.12. The predicted octanol–water partition coefficient (Wildman–Crippen LogP) is 4.68. The lowest BCUT2D eigenvalue weighted by Crippen LogP contribution is -2.29. The highest BCUT2D eigenvalue weighted by molar-refractivity contribution is 6.51. The number of phenols is 1. The minimum Gasteiger partial charge on any atom is -0.508 e. The van der Waals surface area contributed by atoms with Crippen LogP contribution < -0.4 is 9.64 Å². The molecule has 31 heavy (non-hydrogen) atoms. The largest absolute Gasteiger partial charge is 0.508 e. The number of hydrogen-bond donors (Lipinski definition) is 2. The molecule has 4 rings (SSSR count). The molecule has 0 radical (unpaired) electrons. The van der Waals surface area contributed by atoms with E-state index < -0.39 is 17.7 Å². The SMILES string of the molecule is COc1cccc(/C(O)=C2\C(=O)C(=O)N(c3cccc(Cl)c3)C2c2cccc(O)c2)c1. The number of amides is 1. The number of phenolic OH excluding ortho intramolecular Hbond substituents is 1. The number of benzene rings is 3. The normalized spacial score (nSPS) is 17.7. The number of carbonyl (C=O) groups excluding carboxylic acids is 2. The van der Waals surface area contributed by atoms with Crippen molar-refractivity contribution in [2.75, 3.05) is 12.0 Å². The fourth-order valence-electron chi connectivity index (χ4n) is 3.66. The third-order valence-electron chi connectivity index (χ3n) is 5.06.